The van der Waals surface area contributed by atoms with Crippen LogP contribution in [-0.4, -0.2) is 12.9 Å². The zero-order valence-corrected chi connectivity index (χ0v) is 18.6. The number of methoxy groups -OCH3 is 1. The molecule has 1 aliphatic carbocycles. The molecule has 0 fully saturated rings. The molecule has 0 amide bonds. The van der Waals surface area contributed by atoms with Crippen LogP contribution in [0.15, 0.2) is 69.7 Å². The fraction of sp³-hybridized carbons (Fsp3) is 0.250. The molecule has 158 valence electrons. The number of allylic oxidation sites excluding steroid dienone is 3. The number of hydrogen-bond donors (Lipinski definition) is 1. The average Bonchev–Trinajstić information content (AvgIpc) is 2.78. The Balaban J connectivity index is 1.75. The summed E-state index contributed by atoms with van der Waals surface area (Å²) in [6, 6.07) is 15.5. The van der Waals surface area contributed by atoms with Crippen molar-refractivity contribution in [3.63, 3.8) is 0 Å². The lowest BCUT2D eigenvalue weighted by Gasteiger charge is -2.31. The number of hydrogen-bond acceptors (Lipinski definition) is 6. The average molecular weight is 481 g/mol. The predicted molar refractivity (Wildman–Crippen MR) is 118 cm³/mol. The Bertz CT molecular complexity index is 1130. The molecule has 6 nitrogen and oxygen atoms in total. The van der Waals surface area contributed by atoms with Crippen molar-refractivity contribution in [3.05, 3.63) is 80.9 Å². The monoisotopic (exact) mass is 480 g/mol. The summed E-state index contributed by atoms with van der Waals surface area (Å²) in [5, 5.41) is 9.78. The lowest BCUT2D eigenvalue weighted by molar-refractivity contribution is -0.116. The summed E-state index contributed by atoms with van der Waals surface area (Å²) >= 11 is 3.60. The Morgan fingerprint density at radius 3 is 2.71 bits per heavy atom. The van der Waals surface area contributed by atoms with Crippen LogP contribution in [0.2, 0.25) is 0 Å². The smallest absolute Gasteiger partial charge is 0.205 e. The Morgan fingerprint density at radius 1 is 1.23 bits per heavy atom. The highest BCUT2D eigenvalue weighted by Gasteiger charge is 2.39. The molecule has 0 saturated carbocycles. The Kier molecular flexibility index (Phi) is 6.01. The first kappa shape index (κ1) is 21.0. The lowest BCUT2D eigenvalue weighted by atomic mass is 9.77. The minimum Gasteiger partial charge on any atom is -0.493 e. The highest BCUT2D eigenvalue weighted by molar-refractivity contribution is 9.10. The molecule has 31 heavy (non-hydrogen) atoms. The Labute approximate surface area is 189 Å². The summed E-state index contributed by atoms with van der Waals surface area (Å²) in [5.74, 6) is 0.995. The largest absolute Gasteiger partial charge is 0.493 e. The number of rotatable bonds is 5. The molecular weight excluding hydrogens is 460 g/mol. The van der Waals surface area contributed by atoms with Gasteiger partial charge in [-0.3, -0.25) is 4.79 Å². The van der Waals surface area contributed by atoms with Gasteiger partial charge in [0, 0.05) is 22.9 Å². The zero-order valence-electron chi connectivity index (χ0n) is 17.0. The van der Waals surface area contributed by atoms with Crippen molar-refractivity contribution in [1.82, 2.24) is 0 Å². The molecule has 0 radical (unpaired) electrons. The molecule has 1 aliphatic heterocycles. The molecule has 0 saturated heterocycles. The minimum absolute atomic E-state index is 0.0261. The molecule has 0 aromatic heterocycles. The Morgan fingerprint density at radius 2 is 2.00 bits per heavy atom. The van der Waals surface area contributed by atoms with Crippen molar-refractivity contribution in [3.8, 4) is 17.6 Å². The zero-order chi connectivity index (χ0) is 22.0. The number of Topliss-reactive ketones (excluding diaryl/α,β-unsaturated/α-hetero) is 1. The van der Waals surface area contributed by atoms with E-state index in [1.54, 1.807) is 19.2 Å². The van der Waals surface area contributed by atoms with Crippen LogP contribution in [-0.2, 0) is 16.1 Å². The first-order valence-electron chi connectivity index (χ1n) is 9.91. The maximum absolute atomic E-state index is 12.8. The normalized spacial score (nSPS) is 18.2. The molecule has 0 bridgehead atoms. The molecule has 7 heteroatoms. The van der Waals surface area contributed by atoms with Crippen LogP contribution in [0, 0.1) is 11.3 Å². The van der Waals surface area contributed by atoms with E-state index in [0.717, 1.165) is 5.56 Å². The fourth-order valence-corrected chi connectivity index (χ4v) is 4.50. The molecule has 0 unspecified atom stereocenters. The van der Waals surface area contributed by atoms with Gasteiger partial charge < -0.3 is 19.9 Å². The third kappa shape index (κ3) is 4.04. The van der Waals surface area contributed by atoms with Gasteiger partial charge in [0.1, 0.15) is 24.0 Å². The second kappa shape index (κ2) is 8.86. The molecule has 4 rings (SSSR count). The van der Waals surface area contributed by atoms with Crippen molar-refractivity contribution >= 4 is 21.7 Å². The molecule has 2 aliphatic rings. The van der Waals surface area contributed by atoms with Gasteiger partial charge >= 0.3 is 0 Å². The maximum Gasteiger partial charge on any atom is 0.205 e. The van der Waals surface area contributed by atoms with Crippen molar-refractivity contribution in [2.75, 3.05) is 7.11 Å². The van der Waals surface area contributed by atoms with E-state index in [2.05, 4.69) is 22.0 Å². The van der Waals surface area contributed by atoms with Gasteiger partial charge in [-0.25, -0.2) is 0 Å². The van der Waals surface area contributed by atoms with Gasteiger partial charge in [0.05, 0.1) is 13.0 Å². The summed E-state index contributed by atoms with van der Waals surface area (Å²) in [5.41, 5.74) is 8.50. The second-order valence-corrected chi connectivity index (χ2v) is 8.19. The van der Waals surface area contributed by atoms with E-state index >= 15 is 0 Å². The van der Waals surface area contributed by atoms with Gasteiger partial charge in [-0.15, -0.1) is 0 Å². The van der Waals surface area contributed by atoms with E-state index in [0.29, 0.717) is 58.7 Å². The number of benzene rings is 2. The van der Waals surface area contributed by atoms with E-state index in [1.807, 2.05) is 30.3 Å². The van der Waals surface area contributed by atoms with Crippen LogP contribution < -0.4 is 15.2 Å². The maximum atomic E-state index is 12.8. The summed E-state index contributed by atoms with van der Waals surface area (Å²) in [6.45, 7) is 0.379. The first-order chi connectivity index (χ1) is 15.0. The van der Waals surface area contributed by atoms with Gasteiger partial charge in [-0.2, -0.15) is 5.26 Å². The summed E-state index contributed by atoms with van der Waals surface area (Å²) in [4.78, 5) is 12.8. The number of nitriles is 1. The molecule has 0 spiro atoms. The van der Waals surface area contributed by atoms with Crippen LogP contribution >= 0.6 is 15.9 Å². The molecule has 1 heterocycles. The van der Waals surface area contributed by atoms with Crippen molar-refractivity contribution in [1.29, 1.82) is 5.26 Å². The van der Waals surface area contributed by atoms with E-state index < -0.39 is 5.92 Å². The van der Waals surface area contributed by atoms with Crippen LogP contribution in [0.4, 0.5) is 0 Å². The van der Waals surface area contributed by atoms with Gasteiger partial charge in [0.15, 0.2) is 17.3 Å². The van der Waals surface area contributed by atoms with Gasteiger partial charge in [0.2, 0.25) is 5.88 Å². The molecule has 2 N–H and O–H groups in total. The number of ether oxygens (including phenoxy) is 3. The predicted octanol–water partition coefficient (Wildman–Crippen LogP) is 4.85. The number of carbonyl (C=O) groups excluding carboxylic acids is 1. The number of carbonyl (C=O) groups is 1. The first-order valence-corrected chi connectivity index (χ1v) is 10.7. The van der Waals surface area contributed by atoms with Crippen molar-refractivity contribution in [2.24, 2.45) is 5.73 Å². The molecule has 2 aromatic rings. The van der Waals surface area contributed by atoms with Crippen LogP contribution in [0.3, 0.4) is 0 Å². The van der Waals surface area contributed by atoms with Gasteiger partial charge in [0.25, 0.3) is 0 Å². The standard InChI is InChI=1S/C24H21BrN2O4/c1-29-20-10-15(17(25)11-21(20)30-13-14-6-3-2-4-7-14)22-16(12-26)24(27)31-19-9-5-8-18(28)23(19)22/h2-4,6-7,10-11,22H,5,8-9,13,27H2,1H3/t22-/m0/s1. The fourth-order valence-electron chi connectivity index (χ4n) is 3.95. The third-order valence-electron chi connectivity index (χ3n) is 5.44. The van der Waals surface area contributed by atoms with Crippen LogP contribution in [0.1, 0.15) is 36.3 Å². The molecular formula is C24H21BrN2O4. The third-order valence-corrected chi connectivity index (χ3v) is 6.12. The van der Waals surface area contributed by atoms with E-state index in [9.17, 15) is 10.1 Å². The summed E-state index contributed by atoms with van der Waals surface area (Å²) in [6.07, 6.45) is 1.74. The van der Waals surface area contributed by atoms with Crippen LogP contribution in [0.25, 0.3) is 0 Å². The van der Waals surface area contributed by atoms with Crippen LogP contribution in [0.5, 0.6) is 11.5 Å². The highest BCUT2D eigenvalue weighted by Crippen LogP contribution is 2.47. The van der Waals surface area contributed by atoms with Gasteiger partial charge in [-0.1, -0.05) is 46.3 Å². The Hall–Kier alpha value is -3.24. The van der Waals surface area contributed by atoms with E-state index in [1.165, 1.54) is 0 Å². The van der Waals surface area contributed by atoms with E-state index in [-0.39, 0.29) is 17.2 Å². The SMILES string of the molecule is COc1cc([C@H]2C(C#N)=C(N)OC3=C2C(=O)CCC3)c(Br)cc1OCc1ccccc1. The summed E-state index contributed by atoms with van der Waals surface area (Å²) in [7, 11) is 1.55. The number of ketones is 1. The minimum atomic E-state index is -0.618. The lowest BCUT2D eigenvalue weighted by Crippen LogP contribution is -2.27. The molecule has 2 aromatic carbocycles. The van der Waals surface area contributed by atoms with E-state index in [4.69, 9.17) is 19.9 Å². The highest BCUT2D eigenvalue weighted by atomic mass is 79.9. The quantitative estimate of drug-likeness (QED) is 0.656. The van der Waals surface area contributed by atoms with Gasteiger partial charge in [-0.05, 0) is 29.7 Å². The van der Waals surface area contributed by atoms with Crippen molar-refractivity contribution < 1.29 is 19.0 Å². The number of nitrogens with zero attached hydrogens (tertiary/aromatic N) is 1. The number of halogens is 1. The second-order valence-electron chi connectivity index (χ2n) is 7.34. The number of nitrogens with two attached hydrogens (primary N) is 1. The van der Waals surface area contributed by atoms with Crippen molar-refractivity contribution in [2.45, 2.75) is 31.8 Å². The molecule has 1 atom stereocenters. The topological polar surface area (TPSA) is 94.6 Å². The summed E-state index contributed by atoms with van der Waals surface area (Å²) < 4.78 is 17.9.